The Hall–Kier alpha value is -3.54. The van der Waals surface area contributed by atoms with E-state index < -0.39 is 0 Å². The van der Waals surface area contributed by atoms with Gasteiger partial charge in [0.25, 0.3) is 0 Å². The van der Waals surface area contributed by atoms with Gasteiger partial charge < -0.3 is 9.55 Å². The number of fused-ring (bicyclic) bond motifs is 2. The lowest BCUT2D eigenvalue weighted by Gasteiger charge is -2.21. The minimum Gasteiger partial charge on any atom is -0.346 e. The van der Waals surface area contributed by atoms with Crippen LogP contribution in [0, 0.1) is 0 Å². The van der Waals surface area contributed by atoms with Crippen LogP contribution in [0.2, 0.25) is 0 Å². The van der Waals surface area contributed by atoms with Crippen LogP contribution in [0.4, 0.5) is 0 Å². The molecule has 0 unspecified atom stereocenters. The lowest BCUT2D eigenvalue weighted by molar-refractivity contribution is 0.408. The smallest absolute Gasteiger partial charge is 0.137 e. The predicted molar refractivity (Wildman–Crippen MR) is 123 cm³/mol. The van der Waals surface area contributed by atoms with Crippen molar-refractivity contribution in [1.82, 2.24) is 29.5 Å². The first-order valence-electron chi connectivity index (χ1n) is 10.7. The number of aromatic nitrogens is 6. The highest BCUT2D eigenvalue weighted by Crippen LogP contribution is 2.38. The van der Waals surface area contributed by atoms with Crippen LogP contribution in [0.1, 0.15) is 45.4 Å². The molecule has 1 saturated carbocycles. The van der Waals surface area contributed by atoms with E-state index in [0.717, 1.165) is 50.1 Å². The van der Waals surface area contributed by atoms with Crippen molar-refractivity contribution in [3.05, 3.63) is 61.2 Å². The lowest BCUT2D eigenvalue weighted by atomic mass is 10.0. The van der Waals surface area contributed by atoms with E-state index in [1.807, 2.05) is 31.1 Å². The molecule has 0 aliphatic heterocycles. The summed E-state index contributed by atoms with van der Waals surface area (Å²) in [5.41, 5.74) is 7.27. The number of imidazole rings is 1. The molecule has 6 heteroatoms. The van der Waals surface area contributed by atoms with Gasteiger partial charge in [0.2, 0.25) is 0 Å². The molecule has 5 aromatic rings. The van der Waals surface area contributed by atoms with Gasteiger partial charge in [0.15, 0.2) is 0 Å². The van der Waals surface area contributed by atoms with Crippen molar-refractivity contribution in [3.63, 3.8) is 0 Å². The SMILES string of the molecule is CC(C)(C)n1cnc2ccc(-c3c[nH]c4ncc(-c5cnc(C6CC6)nc5)cc34)cc21. The maximum absolute atomic E-state index is 4.65. The molecule has 4 aromatic heterocycles. The Kier molecular flexibility index (Phi) is 3.81. The largest absolute Gasteiger partial charge is 0.346 e. The van der Waals surface area contributed by atoms with E-state index in [-0.39, 0.29) is 5.54 Å². The third kappa shape index (κ3) is 3.10. The molecule has 1 fully saturated rings. The Morgan fingerprint density at radius 3 is 2.42 bits per heavy atom. The molecular formula is C25H24N6. The summed E-state index contributed by atoms with van der Waals surface area (Å²) >= 11 is 0. The normalized spacial score (nSPS) is 14.5. The molecule has 4 heterocycles. The summed E-state index contributed by atoms with van der Waals surface area (Å²) in [6, 6.07) is 8.62. The fourth-order valence-corrected chi connectivity index (χ4v) is 4.15. The summed E-state index contributed by atoms with van der Waals surface area (Å²) in [7, 11) is 0. The summed E-state index contributed by atoms with van der Waals surface area (Å²) in [6.07, 6.45) is 12.1. The van der Waals surface area contributed by atoms with Crippen LogP contribution in [-0.2, 0) is 5.54 Å². The number of H-pyrrole nitrogens is 1. The second kappa shape index (κ2) is 6.48. The molecule has 1 aliphatic carbocycles. The van der Waals surface area contributed by atoms with Gasteiger partial charge in [-0.25, -0.2) is 19.9 Å². The molecule has 0 amide bonds. The van der Waals surface area contributed by atoms with E-state index in [4.69, 9.17) is 0 Å². The van der Waals surface area contributed by atoms with E-state index >= 15 is 0 Å². The molecular weight excluding hydrogens is 384 g/mol. The van der Waals surface area contributed by atoms with Gasteiger partial charge in [-0.2, -0.15) is 0 Å². The molecule has 154 valence electrons. The Morgan fingerprint density at radius 1 is 0.903 bits per heavy atom. The quantitative estimate of drug-likeness (QED) is 0.417. The summed E-state index contributed by atoms with van der Waals surface area (Å²) in [5.74, 6) is 1.52. The summed E-state index contributed by atoms with van der Waals surface area (Å²) < 4.78 is 2.23. The first-order chi connectivity index (χ1) is 15.0. The van der Waals surface area contributed by atoms with Crippen LogP contribution >= 0.6 is 0 Å². The van der Waals surface area contributed by atoms with Crippen LogP contribution in [0.3, 0.4) is 0 Å². The Bertz CT molecular complexity index is 1410. The van der Waals surface area contributed by atoms with E-state index in [0.29, 0.717) is 5.92 Å². The van der Waals surface area contributed by atoms with Crippen molar-refractivity contribution >= 4 is 22.1 Å². The molecule has 0 radical (unpaired) electrons. The van der Waals surface area contributed by atoms with Gasteiger partial charge in [-0.15, -0.1) is 0 Å². The van der Waals surface area contributed by atoms with Crippen LogP contribution in [0.5, 0.6) is 0 Å². The molecule has 6 nitrogen and oxygen atoms in total. The second-order valence-corrected chi connectivity index (χ2v) is 9.42. The molecule has 1 N–H and O–H groups in total. The van der Waals surface area contributed by atoms with E-state index in [1.165, 1.54) is 12.8 Å². The van der Waals surface area contributed by atoms with Gasteiger partial charge in [0.1, 0.15) is 11.5 Å². The molecule has 0 bridgehead atoms. The maximum Gasteiger partial charge on any atom is 0.137 e. The van der Waals surface area contributed by atoms with Crippen molar-refractivity contribution in [3.8, 4) is 22.3 Å². The Labute approximate surface area is 180 Å². The van der Waals surface area contributed by atoms with E-state index in [1.54, 1.807) is 0 Å². The standard InChI is InChI=1S/C25H24N6/c1-25(2,3)31-14-30-21-7-6-16(9-22(21)31)20-13-29-24-19(20)8-17(10-28-24)18-11-26-23(27-12-18)15-4-5-15/h6-15H,4-5H2,1-3H3,(H,28,29). The number of rotatable bonds is 3. The molecule has 6 rings (SSSR count). The molecule has 0 atom stereocenters. The minimum absolute atomic E-state index is 0.0328. The number of hydrogen-bond acceptors (Lipinski definition) is 4. The van der Waals surface area contributed by atoms with Crippen molar-refractivity contribution in [2.75, 3.05) is 0 Å². The number of nitrogens with one attached hydrogen (secondary N) is 1. The van der Waals surface area contributed by atoms with E-state index in [9.17, 15) is 0 Å². The maximum atomic E-state index is 4.65. The third-order valence-corrected chi connectivity index (χ3v) is 6.06. The summed E-state index contributed by atoms with van der Waals surface area (Å²) in [5, 5.41) is 1.09. The highest BCUT2D eigenvalue weighted by atomic mass is 15.1. The number of aromatic amines is 1. The monoisotopic (exact) mass is 408 g/mol. The zero-order valence-corrected chi connectivity index (χ0v) is 17.9. The fourth-order valence-electron chi connectivity index (χ4n) is 4.15. The second-order valence-electron chi connectivity index (χ2n) is 9.42. The van der Waals surface area contributed by atoms with Crippen molar-refractivity contribution in [1.29, 1.82) is 0 Å². The van der Waals surface area contributed by atoms with Crippen LogP contribution in [0.25, 0.3) is 44.3 Å². The topological polar surface area (TPSA) is 72.3 Å². The van der Waals surface area contributed by atoms with Crippen LogP contribution < -0.4 is 0 Å². The first-order valence-corrected chi connectivity index (χ1v) is 10.7. The van der Waals surface area contributed by atoms with Crippen molar-refractivity contribution in [2.45, 2.75) is 45.1 Å². The zero-order valence-electron chi connectivity index (χ0n) is 17.9. The summed E-state index contributed by atoms with van der Waals surface area (Å²) in [6.45, 7) is 6.58. The zero-order chi connectivity index (χ0) is 21.2. The third-order valence-electron chi connectivity index (χ3n) is 6.06. The van der Waals surface area contributed by atoms with Gasteiger partial charge in [0, 0.05) is 58.3 Å². The van der Waals surface area contributed by atoms with Gasteiger partial charge in [-0.1, -0.05) is 6.07 Å². The molecule has 0 spiro atoms. The van der Waals surface area contributed by atoms with Gasteiger partial charge >= 0.3 is 0 Å². The van der Waals surface area contributed by atoms with Gasteiger partial charge in [-0.3, -0.25) is 0 Å². The Morgan fingerprint density at radius 2 is 1.68 bits per heavy atom. The Balaban J connectivity index is 1.45. The average Bonchev–Trinajstić information content (AvgIpc) is 3.38. The minimum atomic E-state index is -0.0328. The summed E-state index contributed by atoms with van der Waals surface area (Å²) in [4.78, 5) is 21.7. The lowest BCUT2D eigenvalue weighted by Crippen LogP contribution is -2.20. The first kappa shape index (κ1) is 18.2. The number of hydrogen-bond donors (Lipinski definition) is 1. The van der Waals surface area contributed by atoms with Gasteiger partial charge in [0.05, 0.1) is 17.4 Å². The highest BCUT2D eigenvalue weighted by Gasteiger charge is 2.26. The molecule has 1 aromatic carbocycles. The van der Waals surface area contributed by atoms with Crippen LogP contribution in [-0.4, -0.2) is 29.5 Å². The number of pyridine rings is 1. The number of benzene rings is 1. The van der Waals surface area contributed by atoms with E-state index in [2.05, 4.69) is 74.5 Å². The molecule has 31 heavy (non-hydrogen) atoms. The predicted octanol–water partition coefficient (Wildman–Crippen LogP) is 5.67. The highest BCUT2D eigenvalue weighted by molar-refractivity contribution is 5.97. The average molecular weight is 409 g/mol. The molecule has 0 saturated heterocycles. The van der Waals surface area contributed by atoms with Crippen LogP contribution in [0.15, 0.2) is 55.4 Å². The fraction of sp³-hybridized carbons (Fsp3) is 0.280. The molecule has 1 aliphatic rings. The van der Waals surface area contributed by atoms with Crippen molar-refractivity contribution < 1.29 is 0 Å². The van der Waals surface area contributed by atoms with Crippen molar-refractivity contribution in [2.24, 2.45) is 0 Å². The number of nitrogens with zero attached hydrogens (tertiary/aromatic N) is 5. The van der Waals surface area contributed by atoms with Gasteiger partial charge in [-0.05, 0) is 57.4 Å².